The number of imidazole rings is 1. The fourth-order valence-corrected chi connectivity index (χ4v) is 2.42. The van der Waals surface area contributed by atoms with Crippen LogP contribution in [0.4, 0.5) is 0 Å². The highest BCUT2D eigenvalue weighted by Gasteiger charge is 2.21. The average molecular weight is 229 g/mol. The van der Waals surface area contributed by atoms with Crippen molar-refractivity contribution in [3.63, 3.8) is 0 Å². The zero-order valence-corrected chi connectivity index (χ0v) is 8.84. The van der Waals surface area contributed by atoms with Crippen LogP contribution in [-0.2, 0) is 7.05 Å². The maximum Gasteiger partial charge on any atom is 0.108 e. The molecule has 1 aromatic heterocycles. The fourth-order valence-electron chi connectivity index (χ4n) is 1.91. The van der Waals surface area contributed by atoms with Crippen LogP contribution in [0.25, 0.3) is 0 Å². The van der Waals surface area contributed by atoms with Gasteiger partial charge in [0.15, 0.2) is 0 Å². The van der Waals surface area contributed by atoms with Crippen molar-refractivity contribution < 1.29 is 0 Å². The third kappa shape index (κ3) is 1.30. The Morgan fingerprint density at radius 1 is 1.50 bits per heavy atom. The van der Waals surface area contributed by atoms with Gasteiger partial charge in [-0.3, -0.25) is 0 Å². The highest BCUT2D eigenvalue weighted by atomic mass is 79.9. The minimum Gasteiger partial charge on any atom is -0.328 e. The Morgan fingerprint density at radius 3 is 2.67 bits per heavy atom. The standard InChI is InChI=1S/C9H13BrN2/c1-12-6-11-8(9(12)10)7-4-2-3-5-7/h6-7H,2-5H2,1H3. The van der Waals surface area contributed by atoms with Gasteiger partial charge in [-0.25, -0.2) is 4.98 Å². The van der Waals surface area contributed by atoms with Gasteiger partial charge in [0.1, 0.15) is 4.60 Å². The van der Waals surface area contributed by atoms with E-state index in [0.29, 0.717) is 5.92 Å². The van der Waals surface area contributed by atoms with E-state index in [0.717, 1.165) is 4.60 Å². The van der Waals surface area contributed by atoms with Gasteiger partial charge in [-0.1, -0.05) is 12.8 Å². The molecular formula is C9H13BrN2. The lowest BCUT2D eigenvalue weighted by molar-refractivity contribution is 0.696. The third-order valence-electron chi connectivity index (χ3n) is 2.63. The summed E-state index contributed by atoms with van der Waals surface area (Å²) >= 11 is 3.56. The number of hydrogen-bond donors (Lipinski definition) is 0. The topological polar surface area (TPSA) is 17.8 Å². The number of rotatable bonds is 1. The molecule has 3 heteroatoms. The number of aromatic nitrogens is 2. The van der Waals surface area contributed by atoms with Gasteiger partial charge in [0.05, 0.1) is 12.0 Å². The average Bonchev–Trinajstić information content (AvgIpc) is 2.64. The Labute approximate surface area is 81.1 Å². The van der Waals surface area contributed by atoms with Crippen molar-refractivity contribution in [2.45, 2.75) is 31.6 Å². The first-order chi connectivity index (χ1) is 5.79. The molecule has 1 saturated carbocycles. The van der Waals surface area contributed by atoms with Crippen LogP contribution in [0.1, 0.15) is 37.3 Å². The van der Waals surface area contributed by atoms with E-state index in [1.165, 1.54) is 31.4 Å². The van der Waals surface area contributed by atoms with Crippen molar-refractivity contribution in [1.82, 2.24) is 9.55 Å². The number of nitrogens with zero attached hydrogens (tertiary/aromatic N) is 2. The predicted molar refractivity (Wildman–Crippen MR) is 52.1 cm³/mol. The van der Waals surface area contributed by atoms with Crippen LogP contribution in [0.3, 0.4) is 0 Å². The van der Waals surface area contributed by atoms with E-state index < -0.39 is 0 Å². The van der Waals surface area contributed by atoms with Gasteiger partial charge in [0.2, 0.25) is 0 Å². The number of halogens is 1. The van der Waals surface area contributed by atoms with Crippen LogP contribution in [-0.4, -0.2) is 9.55 Å². The van der Waals surface area contributed by atoms with Gasteiger partial charge in [0.25, 0.3) is 0 Å². The first kappa shape index (κ1) is 8.30. The molecule has 0 spiro atoms. The normalized spacial score (nSPS) is 18.8. The van der Waals surface area contributed by atoms with Gasteiger partial charge in [-0.15, -0.1) is 0 Å². The molecule has 1 aromatic rings. The molecule has 0 radical (unpaired) electrons. The monoisotopic (exact) mass is 228 g/mol. The summed E-state index contributed by atoms with van der Waals surface area (Å²) in [6, 6.07) is 0. The zero-order chi connectivity index (χ0) is 8.55. The smallest absolute Gasteiger partial charge is 0.108 e. The lowest BCUT2D eigenvalue weighted by atomic mass is 10.1. The first-order valence-electron chi connectivity index (χ1n) is 4.45. The lowest BCUT2D eigenvalue weighted by Crippen LogP contribution is -1.94. The van der Waals surface area contributed by atoms with Crippen LogP contribution in [0, 0.1) is 0 Å². The third-order valence-corrected chi connectivity index (χ3v) is 3.60. The maximum absolute atomic E-state index is 4.41. The summed E-state index contributed by atoms with van der Waals surface area (Å²) in [5.41, 5.74) is 1.26. The SMILES string of the molecule is Cn1cnc(C2CCCC2)c1Br. The molecule has 2 nitrogen and oxygen atoms in total. The lowest BCUT2D eigenvalue weighted by Gasteiger charge is -2.05. The Balaban J connectivity index is 2.26. The zero-order valence-electron chi connectivity index (χ0n) is 7.26. The molecule has 0 saturated heterocycles. The Morgan fingerprint density at radius 2 is 2.17 bits per heavy atom. The molecule has 0 atom stereocenters. The molecule has 0 aliphatic heterocycles. The maximum atomic E-state index is 4.41. The second-order valence-corrected chi connectivity index (χ2v) is 4.26. The molecule has 0 unspecified atom stereocenters. The van der Waals surface area contributed by atoms with Gasteiger partial charge in [-0.2, -0.15) is 0 Å². The van der Waals surface area contributed by atoms with E-state index in [-0.39, 0.29) is 0 Å². The molecule has 0 N–H and O–H groups in total. The van der Waals surface area contributed by atoms with Crippen molar-refractivity contribution in [2.24, 2.45) is 7.05 Å². The number of aryl methyl sites for hydroxylation is 1. The largest absolute Gasteiger partial charge is 0.328 e. The Hall–Kier alpha value is -0.310. The Kier molecular flexibility index (Phi) is 2.22. The summed E-state index contributed by atoms with van der Waals surface area (Å²) in [5.74, 6) is 0.709. The summed E-state index contributed by atoms with van der Waals surface area (Å²) in [7, 11) is 2.02. The molecular weight excluding hydrogens is 216 g/mol. The van der Waals surface area contributed by atoms with E-state index in [9.17, 15) is 0 Å². The predicted octanol–water partition coefficient (Wildman–Crippen LogP) is 2.84. The van der Waals surface area contributed by atoms with Crippen molar-refractivity contribution in [3.05, 3.63) is 16.6 Å². The molecule has 0 bridgehead atoms. The minimum absolute atomic E-state index is 0.709. The van der Waals surface area contributed by atoms with Gasteiger partial charge >= 0.3 is 0 Å². The van der Waals surface area contributed by atoms with Gasteiger partial charge < -0.3 is 4.57 Å². The highest BCUT2D eigenvalue weighted by molar-refractivity contribution is 9.10. The minimum atomic E-state index is 0.709. The van der Waals surface area contributed by atoms with Crippen LogP contribution in [0.2, 0.25) is 0 Å². The van der Waals surface area contributed by atoms with E-state index in [4.69, 9.17) is 0 Å². The molecule has 0 aromatic carbocycles. The van der Waals surface area contributed by atoms with E-state index in [1.54, 1.807) is 0 Å². The fraction of sp³-hybridized carbons (Fsp3) is 0.667. The summed E-state index contributed by atoms with van der Waals surface area (Å²) in [4.78, 5) is 4.41. The van der Waals surface area contributed by atoms with Crippen molar-refractivity contribution in [3.8, 4) is 0 Å². The quantitative estimate of drug-likeness (QED) is 0.723. The summed E-state index contributed by atoms with van der Waals surface area (Å²) in [6.45, 7) is 0. The second-order valence-electron chi connectivity index (χ2n) is 3.51. The first-order valence-corrected chi connectivity index (χ1v) is 5.25. The highest BCUT2D eigenvalue weighted by Crippen LogP contribution is 2.36. The van der Waals surface area contributed by atoms with Gasteiger partial charge in [-0.05, 0) is 28.8 Å². The van der Waals surface area contributed by atoms with E-state index >= 15 is 0 Å². The molecule has 12 heavy (non-hydrogen) atoms. The summed E-state index contributed by atoms with van der Waals surface area (Å²) in [6.07, 6.45) is 7.25. The van der Waals surface area contributed by atoms with Crippen LogP contribution < -0.4 is 0 Å². The van der Waals surface area contributed by atoms with Crippen LogP contribution in [0.15, 0.2) is 10.9 Å². The van der Waals surface area contributed by atoms with Crippen molar-refractivity contribution in [1.29, 1.82) is 0 Å². The van der Waals surface area contributed by atoms with Gasteiger partial charge in [0, 0.05) is 13.0 Å². The molecule has 1 fully saturated rings. The van der Waals surface area contributed by atoms with Crippen LogP contribution >= 0.6 is 15.9 Å². The van der Waals surface area contributed by atoms with Crippen LogP contribution in [0.5, 0.6) is 0 Å². The summed E-state index contributed by atoms with van der Waals surface area (Å²) in [5, 5.41) is 0. The number of hydrogen-bond acceptors (Lipinski definition) is 1. The van der Waals surface area contributed by atoms with Crippen molar-refractivity contribution in [2.75, 3.05) is 0 Å². The van der Waals surface area contributed by atoms with Crippen molar-refractivity contribution >= 4 is 15.9 Å². The summed E-state index contributed by atoms with van der Waals surface area (Å²) < 4.78 is 3.20. The molecule has 2 rings (SSSR count). The Bertz CT molecular complexity index is 274. The molecule has 0 amide bonds. The molecule has 1 aliphatic rings. The second kappa shape index (κ2) is 3.21. The molecule has 1 heterocycles. The van der Waals surface area contributed by atoms with E-state index in [2.05, 4.69) is 20.9 Å². The molecule has 1 aliphatic carbocycles. The van der Waals surface area contributed by atoms with E-state index in [1.807, 2.05) is 17.9 Å². The molecule has 66 valence electrons.